The highest BCUT2D eigenvalue weighted by Crippen LogP contribution is 2.35. The van der Waals surface area contributed by atoms with E-state index in [0.29, 0.717) is 19.0 Å². The van der Waals surface area contributed by atoms with Crippen LogP contribution in [0, 0.1) is 17.6 Å². The zero-order valence-electron chi connectivity index (χ0n) is 10.1. The van der Waals surface area contributed by atoms with Crippen LogP contribution in [0.5, 0.6) is 0 Å². The van der Waals surface area contributed by atoms with Gasteiger partial charge in [-0.25, -0.2) is 8.78 Å². The Morgan fingerprint density at radius 2 is 1.74 bits per heavy atom. The van der Waals surface area contributed by atoms with Gasteiger partial charge in [0.15, 0.2) is 0 Å². The summed E-state index contributed by atoms with van der Waals surface area (Å²) < 4.78 is 64.7. The van der Waals surface area contributed by atoms with Crippen molar-refractivity contribution in [3.05, 3.63) is 35.4 Å². The Balaban J connectivity index is 2.15. The number of piperidine rings is 1. The first-order valence-electron chi connectivity index (χ1n) is 6.11. The summed E-state index contributed by atoms with van der Waals surface area (Å²) in [7, 11) is 0. The zero-order chi connectivity index (χ0) is 14.0. The van der Waals surface area contributed by atoms with E-state index >= 15 is 0 Å². The van der Waals surface area contributed by atoms with Gasteiger partial charge in [0, 0.05) is 12.1 Å². The standard InChI is InChI=1S/C13H14F5N/c14-9-4-8(5-10(15)7-9)6-12-11(13(16,17)18)2-1-3-19-12/h4-5,7,11-12,19H,1-3,6H2. The van der Waals surface area contributed by atoms with Crippen LogP contribution in [0.2, 0.25) is 0 Å². The topological polar surface area (TPSA) is 12.0 Å². The molecule has 0 radical (unpaired) electrons. The van der Waals surface area contributed by atoms with Gasteiger partial charge < -0.3 is 5.32 Å². The van der Waals surface area contributed by atoms with Crippen LogP contribution in [0.1, 0.15) is 18.4 Å². The molecule has 0 aromatic heterocycles. The van der Waals surface area contributed by atoms with E-state index in [0.717, 1.165) is 12.1 Å². The van der Waals surface area contributed by atoms with Crippen LogP contribution in [0.15, 0.2) is 18.2 Å². The first kappa shape index (κ1) is 14.2. The predicted molar refractivity (Wildman–Crippen MR) is 60.6 cm³/mol. The normalized spacial score (nSPS) is 24.5. The smallest absolute Gasteiger partial charge is 0.313 e. The lowest BCUT2D eigenvalue weighted by Crippen LogP contribution is -2.48. The maximum atomic E-state index is 13.0. The van der Waals surface area contributed by atoms with Crippen LogP contribution < -0.4 is 5.32 Å². The van der Waals surface area contributed by atoms with Crippen molar-refractivity contribution >= 4 is 0 Å². The summed E-state index contributed by atoms with van der Waals surface area (Å²) in [5.41, 5.74) is 0.242. The Kier molecular flexibility index (Phi) is 4.08. The molecule has 19 heavy (non-hydrogen) atoms. The molecule has 1 N–H and O–H groups in total. The van der Waals surface area contributed by atoms with E-state index in [1.807, 2.05) is 0 Å². The minimum absolute atomic E-state index is 0.0289. The molecule has 1 aliphatic heterocycles. The largest absolute Gasteiger partial charge is 0.393 e. The summed E-state index contributed by atoms with van der Waals surface area (Å²) in [5.74, 6) is -3.00. The van der Waals surface area contributed by atoms with Crippen molar-refractivity contribution < 1.29 is 22.0 Å². The second-order valence-corrected chi connectivity index (χ2v) is 4.83. The van der Waals surface area contributed by atoms with E-state index in [1.54, 1.807) is 0 Å². The third-order valence-electron chi connectivity index (χ3n) is 3.38. The lowest BCUT2D eigenvalue weighted by molar-refractivity contribution is -0.188. The fourth-order valence-corrected chi connectivity index (χ4v) is 2.54. The summed E-state index contributed by atoms with van der Waals surface area (Å²) >= 11 is 0. The van der Waals surface area contributed by atoms with Crippen LogP contribution in [-0.4, -0.2) is 18.8 Å². The molecular formula is C13H14F5N. The van der Waals surface area contributed by atoms with E-state index in [4.69, 9.17) is 0 Å². The fraction of sp³-hybridized carbons (Fsp3) is 0.538. The Labute approximate surface area is 107 Å². The van der Waals surface area contributed by atoms with Crippen LogP contribution >= 0.6 is 0 Å². The van der Waals surface area contributed by atoms with E-state index in [9.17, 15) is 22.0 Å². The van der Waals surface area contributed by atoms with Gasteiger partial charge in [0.1, 0.15) is 11.6 Å². The molecule has 0 spiro atoms. The van der Waals surface area contributed by atoms with E-state index in [1.165, 1.54) is 0 Å². The van der Waals surface area contributed by atoms with E-state index in [-0.39, 0.29) is 18.4 Å². The Bertz CT molecular complexity index is 423. The summed E-state index contributed by atoms with van der Waals surface area (Å²) in [6.07, 6.45) is -3.81. The molecule has 0 bridgehead atoms. The van der Waals surface area contributed by atoms with Gasteiger partial charge in [0.25, 0.3) is 0 Å². The number of alkyl halides is 3. The SMILES string of the molecule is Fc1cc(F)cc(CC2NCCCC2C(F)(F)F)c1. The molecule has 1 saturated heterocycles. The molecule has 1 fully saturated rings. The van der Waals surface area contributed by atoms with Crippen molar-refractivity contribution in [1.82, 2.24) is 5.32 Å². The Morgan fingerprint density at radius 3 is 2.32 bits per heavy atom. The molecule has 1 heterocycles. The Morgan fingerprint density at radius 1 is 1.11 bits per heavy atom. The predicted octanol–water partition coefficient (Wildman–Crippen LogP) is 3.44. The molecule has 1 aromatic rings. The van der Waals surface area contributed by atoms with E-state index < -0.39 is 29.8 Å². The summed E-state index contributed by atoms with van der Waals surface area (Å²) in [6.45, 7) is 0.495. The van der Waals surface area contributed by atoms with Gasteiger partial charge >= 0.3 is 6.18 Å². The molecule has 2 atom stereocenters. The van der Waals surface area contributed by atoms with Gasteiger partial charge in [0.05, 0.1) is 5.92 Å². The van der Waals surface area contributed by atoms with Crippen LogP contribution in [0.4, 0.5) is 22.0 Å². The van der Waals surface area contributed by atoms with Crippen LogP contribution in [-0.2, 0) is 6.42 Å². The fourth-order valence-electron chi connectivity index (χ4n) is 2.54. The van der Waals surface area contributed by atoms with Crippen molar-refractivity contribution in [1.29, 1.82) is 0 Å². The van der Waals surface area contributed by atoms with E-state index in [2.05, 4.69) is 5.32 Å². The average molecular weight is 279 g/mol. The number of halogens is 5. The van der Waals surface area contributed by atoms with Gasteiger partial charge in [-0.2, -0.15) is 13.2 Å². The number of nitrogens with one attached hydrogen (secondary N) is 1. The molecule has 1 aromatic carbocycles. The third-order valence-corrected chi connectivity index (χ3v) is 3.38. The summed E-state index contributed by atoms with van der Waals surface area (Å²) in [5, 5.41) is 2.80. The zero-order valence-corrected chi connectivity index (χ0v) is 10.1. The monoisotopic (exact) mass is 279 g/mol. The highest BCUT2D eigenvalue weighted by atomic mass is 19.4. The molecule has 1 nitrogen and oxygen atoms in total. The Hall–Kier alpha value is -1.17. The number of benzene rings is 1. The molecule has 0 amide bonds. The minimum atomic E-state index is -4.29. The van der Waals surface area contributed by atoms with Gasteiger partial charge in [-0.05, 0) is 43.5 Å². The second-order valence-electron chi connectivity index (χ2n) is 4.83. The van der Waals surface area contributed by atoms with Crippen molar-refractivity contribution in [3.8, 4) is 0 Å². The van der Waals surface area contributed by atoms with Crippen molar-refractivity contribution in [2.45, 2.75) is 31.5 Å². The van der Waals surface area contributed by atoms with Crippen molar-refractivity contribution in [3.63, 3.8) is 0 Å². The average Bonchev–Trinajstić information content (AvgIpc) is 2.26. The number of rotatable bonds is 2. The molecule has 0 saturated carbocycles. The quantitative estimate of drug-likeness (QED) is 0.818. The van der Waals surface area contributed by atoms with Crippen molar-refractivity contribution in [2.24, 2.45) is 5.92 Å². The minimum Gasteiger partial charge on any atom is -0.313 e. The van der Waals surface area contributed by atoms with Crippen LogP contribution in [0.3, 0.4) is 0 Å². The molecule has 6 heteroatoms. The first-order valence-corrected chi connectivity index (χ1v) is 6.11. The third kappa shape index (κ3) is 3.65. The molecule has 1 aliphatic rings. The lowest BCUT2D eigenvalue weighted by Gasteiger charge is -2.34. The molecule has 106 valence electrons. The lowest BCUT2D eigenvalue weighted by atomic mass is 9.86. The maximum absolute atomic E-state index is 13.0. The highest BCUT2D eigenvalue weighted by Gasteiger charge is 2.45. The molecular weight excluding hydrogens is 265 g/mol. The number of hydrogen-bond acceptors (Lipinski definition) is 1. The summed E-state index contributed by atoms with van der Waals surface area (Å²) in [4.78, 5) is 0. The highest BCUT2D eigenvalue weighted by molar-refractivity contribution is 5.19. The summed E-state index contributed by atoms with van der Waals surface area (Å²) in [6, 6.07) is 2.04. The number of hydrogen-bond donors (Lipinski definition) is 1. The molecule has 2 rings (SSSR count). The van der Waals surface area contributed by atoms with Crippen LogP contribution in [0.25, 0.3) is 0 Å². The van der Waals surface area contributed by atoms with Crippen molar-refractivity contribution in [2.75, 3.05) is 6.54 Å². The van der Waals surface area contributed by atoms with Gasteiger partial charge in [-0.15, -0.1) is 0 Å². The first-order chi connectivity index (χ1) is 8.86. The van der Waals surface area contributed by atoms with Gasteiger partial charge in [0.2, 0.25) is 0 Å². The molecule has 2 unspecified atom stereocenters. The molecule has 0 aliphatic carbocycles. The second kappa shape index (κ2) is 5.45. The van der Waals surface area contributed by atoms with Gasteiger partial charge in [-0.1, -0.05) is 0 Å². The maximum Gasteiger partial charge on any atom is 0.393 e. The van der Waals surface area contributed by atoms with Gasteiger partial charge in [-0.3, -0.25) is 0 Å².